The van der Waals surface area contributed by atoms with Crippen LogP contribution >= 0.6 is 0 Å². The zero-order valence-electron chi connectivity index (χ0n) is 13.6. The lowest BCUT2D eigenvalue weighted by molar-refractivity contribution is 0.0669. The maximum absolute atomic E-state index is 12.7. The number of rotatable bonds is 0. The fourth-order valence-corrected chi connectivity index (χ4v) is 3.24. The number of benzene rings is 4. The molecule has 0 amide bonds. The molecule has 0 aliphatic carbocycles. The first kappa shape index (κ1) is 14.7. The number of hydrogen-bond acceptors (Lipinski definition) is 4. The molecule has 0 saturated carbocycles. The van der Waals surface area contributed by atoms with Gasteiger partial charge >= 0.3 is 11.9 Å². The van der Waals surface area contributed by atoms with Crippen molar-refractivity contribution in [1.29, 1.82) is 0 Å². The molecule has 26 heavy (non-hydrogen) atoms. The summed E-state index contributed by atoms with van der Waals surface area (Å²) in [5.74, 6) is -0.681. The molecule has 4 heteroatoms. The SMILES string of the molecule is O=C1Oc2cc3ccccc3cc2C(=O)Oc2cc3ccccc3cc21. The summed E-state index contributed by atoms with van der Waals surface area (Å²) in [6, 6.07) is 21.9. The van der Waals surface area contributed by atoms with Gasteiger partial charge in [0.15, 0.2) is 0 Å². The molecule has 0 fully saturated rings. The van der Waals surface area contributed by atoms with Crippen molar-refractivity contribution in [3.05, 3.63) is 83.9 Å². The minimum Gasteiger partial charge on any atom is -0.422 e. The van der Waals surface area contributed by atoms with Crippen molar-refractivity contribution >= 4 is 33.5 Å². The van der Waals surface area contributed by atoms with Crippen LogP contribution < -0.4 is 9.47 Å². The largest absolute Gasteiger partial charge is 0.422 e. The highest BCUT2D eigenvalue weighted by Crippen LogP contribution is 2.34. The quantitative estimate of drug-likeness (QED) is 0.342. The first-order valence-electron chi connectivity index (χ1n) is 8.19. The summed E-state index contributed by atoms with van der Waals surface area (Å²) in [7, 11) is 0. The Morgan fingerprint density at radius 1 is 0.500 bits per heavy atom. The highest BCUT2D eigenvalue weighted by Gasteiger charge is 2.26. The first-order valence-corrected chi connectivity index (χ1v) is 8.19. The van der Waals surface area contributed by atoms with Gasteiger partial charge in [-0.1, -0.05) is 48.5 Å². The van der Waals surface area contributed by atoms with Gasteiger partial charge in [-0.25, -0.2) is 9.59 Å². The first-order chi connectivity index (χ1) is 12.7. The molecule has 1 aliphatic rings. The summed E-state index contributed by atoms with van der Waals surface area (Å²) in [4.78, 5) is 25.4. The molecule has 1 aliphatic heterocycles. The smallest absolute Gasteiger partial charge is 0.347 e. The van der Waals surface area contributed by atoms with E-state index in [1.54, 1.807) is 24.3 Å². The average molecular weight is 340 g/mol. The molecule has 0 spiro atoms. The number of ether oxygens (including phenoxy) is 2. The average Bonchev–Trinajstić information content (AvgIpc) is 2.66. The van der Waals surface area contributed by atoms with Crippen LogP contribution in [0.15, 0.2) is 72.8 Å². The van der Waals surface area contributed by atoms with Crippen molar-refractivity contribution in [3.63, 3.8) is 0 Å². The summed E-state index contributed by atoms with van der Waals surface area (Å²) in [6.07, 6.45) is 0. The Kier molecular flexibility index (Phi) is 3.06. The lowest BCUT2D eigenvalue weighted by atomic mass is 10.0. The van der Waals surface area contributed by atoms with Crippen molar-refractivity contribution in [2.24, 2.45) is 0 Å². The Morgan fingerprint density at radius 3 is 1.23 bits per heavy atom. The third kappa shape index (κ3) is 2.24. The molecular formula is C22H12O4. The molecule has 0 unspecified atom stereocenters. The van der Waals surface area contributed by atoms with Gasteiger partial charge in [0.05, 0.1) is 0 Å². The molecule has 0 N–H and O–H groups in total. The van der Waals surface area contributed by atoms with Crippen molar-refractivity contribution in [2.75, 3.05) is 0 Å². The van der Waals surface area contributed by atoms with Crippen LogP contribution in [0.25, 0.3) is 21.5 Å². The molecule has 0 aromatic heterocycles. The van der Waals surface area contributed by atoms with E-state index < -0.39 is 11.9 Å². The Morgan fingerprint density at radius 2 is 0.846 bits per heavy atom. The Balaban J connectivity index is 1.71. The Bertz CT molecular complexity index is 1130. The molecule has 1 heterocycles. The van der Waals surface area contributed by atoms with E-state index in [0.29, 0.717) is 0 Å². The summed E-state index contributed by atoms with van der Waals surface area (Å²) in [6.45, 7) is 0. The van der Waals surface area contributed by atoms with Crippen LogP contribution in [0.2, 0.25) is 0 Å². The standard InChI is InChI=1S/C22H12O4/c23-21-17-9-13-5-1-3-7-15(13)11-19(17)25-22(24)18-10-14-6-2-4-8-16(14)12-20(18)26-21/h1-12H. The maximum atomic E-state index is 12.7. The molecule has 5 rings (SSSR count). The van der Waals surface area contributed by atoms with Gasteiger partial charge in [0, 0.05) is 0 Å². The van der Waals surface area contributed by atoms with Crippen LogP contribution in [0, 0.1) is 0 Å². The lowest BCUT2D eigenvalue weighted by Crippen LogP contribution is -2.20. The molecular weight excluding hydrogens is 328 g/mol. The van der Waals surface area contributed by atoms with Gasteiger partial charge in [-0.15, -0.1) is 0 Å². The number of esters is 2. The van der Waals surface area contributed by atoms with Crippen LogP contribution in [-0.2, 0) is 0 Å². The van der Waals surface area contributed by atoms with Crippen molar-refractivity contribution in [2.45, 2.75) is 0 Å². The molecule has 0 radical (unpaired) electrons. The molecule has 124 valence electrons. The van der Waals surface area contributed by atoms with Gasteiger partial charge in [0.2, 0.25) is 0 Å². The summed E-state index contributed by atoms with van der Waals surface area (Å²) in [5, 5.41) is 3.51. The summed E-state index contributed by atoms with van der Waals surface area (Å²) >= 11 is 0. The normalized spacial score (nSPS) is 13.4. The van der Waals surface area contributed by atoms with E-state index in [4.69, 9.17) is 9.47 Å². The topological polar surface area (TPSA) is 52.6 Å². The molecule has 0 atom stereocenters. The van der Waals surface area contributed by atoms with E-state index in [0.717, 1.165) is 21.5 Å². The predicted octanol–water partition coefficient (Wildman–Crippen LogP) is 4.74. The van der Waals surface area contributed by atoms with Crippen LogP contribution in [-0.4, -0.2) is 11.9 Å². The van der Waals surface area contributed by atoms with Gasteiger partial charge in [0.25, 0.3) is 0 Å². The van der Waals surface area contributed by atoms with E-state index >= 15 is 0 Å². The fourth-order valence-electron chi connectivity index (χ4n) is 3.24. The predicted molar refractivity (Wildman–Crippen MR) is 97.8 cm³/mol. The molecule has 0 bridgehead atoms. The van der Waals surface area contributed by atoms with Gasteiger partial charge in [-0.2, -0.15) is 0 Å². The molecule has 4 nitrogen and oxygen atoms in total. The van der Waals surface area contributed by atoms with E-state index in [2.05, 4.69) is 0 Å². The third-order valence-corrected chi connectivity index (χ3v) is 4.54. The molecule has 4 aromatic rings. The number of hydrogen-bond donors (Lipinski definition) is 0. The number of fused-ring (bicyclic) bond motifs is 4. The minimum atomic E-state index is -0.546. The molecule has 0 saturated heterocycles. The maximum Gasteiger partial charge on any atom is 0.347 e. The second-order valence-corrected chi connectivity index (χ2v) is 6.17. The van der Waals surface area contributed by atoms with Crippen molar-refractivity contribution < 1.29 is 19.1 Å². The van der Waals surface area contributed by atoms with E-state index in [1.165, 1.54) is 0 Å². The second kappa shape index (κ2) is 5.43. The van der Waals surface area contributed by atoms with Gasteiger partial charge in [-0.3, -0.25) is 0 Å². The second-order valence-electron chi connectivity index (χ2n) is 6.17. The van der Waals surface area contributed by atoms with Crippen LogP contribution in [0.5, 0.6) is 11.5 Å². The summed E-state index contributed by atoms with van der Waals surface area (Å²) < 4.78 is 11.1. The van der Waals surface area contributed by atoms with E-state index in [9.17, 15) is 9.59 Å². The van der Waals surface area contributed by atoms with Crippen molar-refractivity contribution in [1.82, 2.24) is 0 Å². The van der Waals surface area contributed by atoms with Crippen molar-refractivity contribution in [3.8, 4) is 11.5 Å². The Labute approximate surface area is 148 Å². The van der Waals surface area contributed by atoms with E-state index in [1.807, 2.05) is 48.5 Å². The monoisotopic (exact) mass is 340 g/mol. The van der Waals surface area contributed by atoms with Gasteiger partial charge < -0.3 is 9.47 Å². The zero-order valence-corrected chi connectivity index (χ0v) is 13.6. The van der Waals surface area contributed by atoms with E-state index in [-0.39, 0.29) is 22.6 Å². The highest BCUT2D eigenvalue weighted by molar-refractivity contribution is 6.06. The van der Waals surface area contributed by atoms with Crippen LogP contribution in [0.3, 0.4) is 0 Å². The van der Waals surface area contributed by atoms with Crippen LogP contribution in [0.1, 0.15) is 20.7 Å². The summed E-state index contributed by atoms with van der Waals surface area (Å²) in [5.41, 5.74) is 0.465. The molecule has 4 aromatic carbocycles. The fraction of sp³-hybridized carbons (Fsp3) is 0. The third-order valence-electron chi connectivity index (χ3n) is 4.54. The lowest BCUT2D eigenvalue weighted by Gasteiger charge is -2.17. The van der Waals surface area contributed by atoms with Crippen LogP contribution in [0.4, 0.5) is 0 Å². The van der Waals surface area contributed by atoms with Gasteiger partial charge in [-0.05, 0) is 45.8 Å². The highest BCUT2D eigenvalue weighted by atomic mass is 16.6. The minimum absolute atomic E-state index is 0.206. The zero-order chi connectivity index (χ0) is 17.7. The van der Waals surface area contributed by atoms with Gasteiger partial charge in [0.1, 0.15) is 22.6 Å². The Hall–Kier alpha value is -3.66. The number of carbonyl (C=O) groups excluding carboxylic acids is 2. The number of carbonyl (C=O) groups is 2.